The summed E-state index contributed by atoms with van der Waals surface area (Å²) in [5.74, 6) is 0.549. The van der Waals surface area contributed by atoms with Gasteiger partial charge in [-0.3, -0.25) is 19.1 Å². The summed E-state index contributed by atoms with van der Waals surface area (Å²) in [6.45, 7) is 6.87. The molecule has 6 rings (SSSR count). The minimum Gasteiger partial charge on any atom is -0.453 e. The highest BCUT2D eigenvalue weighted by atomic mass is 16.6. The Balaban J connectivity index is 1.24. The molecule has 2 amide bonds. The van der Waals surface area contributed by atoms with Crippen LogP contribution in [0.5, 0.6) is 0 Å². The number of imidazole rings is 1. The number of ether oxygens (including phenoxy) is 2. The van der Waals surface area contributed by atoms with Crippen LogP contribution in [0.25, 0.3) is 22.2 Å². The lowest BCUT2D eigenvalue weighted by Gasteiger charge is -2.58. The van der Waals surface area contributed by atoms with E-state index in [0.29, 0.717) is 30.3 Å². The molecule has 4 heterocycles. The van der Waals surface area contributed by atoms with Crippen LogP contribution in [0.3, 0.4) is 0 Å². The predicted octanol–water partition coefficient (Wildman–Crippen LogP) is 4.63. The Morgan fingerprint density at radius 1 is 1.00 bits per heavy atom. The van der Waals surface area contributed by atoms with Crippen molar-refractivity contribution in [2.75, 3.05) is 30.8 Å². The average Bonchev–Trinajstić information content (AvgIpc) is 3.42. The normalized spacial score (nSPS) is 16.1. The zero-order valence-electron chi connectivity index (χ0n) is 25.2. The molecule has 2 aliphatic rings. The van der Waals surface area contributed by atoms with Crippen molar-refractivity contribution in [3.63, 3.8) is 0 Å². The first-order valence-electron chi connectivity index (χ1n) is 14.1. The molecule has 1 saturated carbocycles. The van der Waals surface area contributed by atoms with Crippen LogP contribution in [-0.4, -0.2) is 66.8 Å². The fraction of sp³-hybridized carbons (Fsp3) is 0.433. The van der Waals surface area contributed by atoms with Crippen molar-refractivity contribution in [1.29, 1.82) is 0 Å². The third kappa shape index (κ3) is 5.42. The summed E-state index contributed by atoms with van der Waals surface area (Å²) >= 11 is 0. The van der Waals surface area contributed by atoms with Gasteiger partial charge in [-0.1, -0.05) is 0 Å². The van der Waals surface area contributed by atoms with Gasteiger partial charge in [0.05, 0.1) is 30.5 Å². The van der Waals surface area contributed by atoms with Gasteiger partial charge in [0.2, 0.25) is 0 Å². The van der Waals surface area contributed by atoms with E-state index < -0.39 is 11.7 Å². The summed E-state index contributed by atoms with van der Waals surface area (Å²) in [6, 6.07) is 7.45. The van der Waals surface area contributed by atoms with E-state index in [2.05, 4.69) is 20.7 Å². The van der Waals surface area contributed by atoms with Crippen molar-refractivity contribution in [1.82, 2.24) is 28.8 Å². The Labute approximate surface area is 248 Å². The first kappa shape index (κ1) is 28.3. The largest absolute Gasteiger partial charge is 0.453 e. The Bertz CT molecular complexity index is 1780. The molecule has 0 bridgehead atoms. The number of hydrogen-bond acceptors (Lipinski definition) is 8. The SMILES string of the molecule is COC(=O)Nc1cc(Nc2cc3c(cn2)n(C)c(=O)n3C2CC3(C2)CN(C(=O)OC(C)(C)C)C3)cc(-c2cnn(C)c2)c1. The second-order valence-corrected chi connectivity index (χ2v) is 12.6. The number of likely N-dealkylation sites (tertiary alicyclic amines) is 1. The molecule has 2 fully saturated rings. The molecule has 1 spiro atoms. The molecule has 0 atom stereocenters. The average molecular weight is 589 g/mol. The number of nitrogens with zero attached hydrogens (tertiary/aromatic N) is 6. The number of amides is 2. The quantitative estimate of drug-likeness (QED) is 0.344. The highest BCUT2D eigenvalue weighted by Gasteiger charge is 2.55. The van der Waals surface area contributed by atoms with Gasteiger partial charge in [0.25, 0.3) is 0 Å². The first-order chi connectivity index (χ1) is 20.3. The monoisotopic (exact) mass is 588 g/mol. The molecule has 0 radical (unpaired) electrons. The summed E-state index contributed by atoms with van der Waals surface area (Å²) < 4.78 is 15.5. The van der Waals surface area contributed by atoms with Gasteiger partial charge in [-0.25, -0.2) is 19.4 Å². The summed E-state index contributed by atoms with van der Waals surface area (Å²) in [5.41, 5.74) is 3.84. The van der Waals surface area contributed by atoms with Gasteiger partial charge in [-0.15, -0.1) is 0 Å². The third-order valence-corrected chi connectivity index (χ3v) is 8.06. The minimum atomic E-state index is -0.582. The molecular weight excluding hydrogens is 552 g/mol. The number of benzene rings is 1. The van der Waals surface area contributed by atoms with Crippen molar-refractivity contribution in [3.8, 4) is 11.1 Å². The molecule has 226 valence electrons. The van der Waals surface area contributed by atoms with Crippen LogP contribution in [0, 0.1) is 5.41 Å². The van der Waals surface area contributed by atoms with Crippen molar-refractivity contribution < 1.29 is 19.1 Å². The molecule has 13 nitrogen and oxygen atoms in total. The Morgan fingerprint density at radius 3 is 2.37 bits per heavy atom. The number of carbonyl (C=O) groups is 2. The first-order valence-corrected chi connectivity index (χ1v) is 14.1. The Kier molecular flexibility index (Phi) is 6.70. The number of anilines is 3. The number of carbonyl (C=O) groups excluding carboxylic acids is 2. The number of nitrogens with one attached hydrogen (secondary N) is 2. The van der Waals surface area contributed by atoms with E-state index in [4.69, 9.17) is 9.47 Å². The number of fused-ring (bicyclic) bond motifs is 1. The number of aryl methyl sites for hydroxylation is 2. The Morgan fingerprint density at radius 2 is 1.72 bits per heavy atom. The number of aromatic nitrogens is 5. The summed E-state index contributed by atoms with van der Waals surface area (Å²) in [5, 5.41) is 10.3. The molecule has 1 aliphatic heterocycles. The van der Waals surface area contributed by atoms with Crippen LogP contribution < -0.4 is 16.3 Å². The highest BCUT2D eigenvalue weighted by molar-refractivity contribution is 5.88. The molecular formula is C30H36N8O5. The minimum absolute atomic E-state index is 0.0209. The standard InChI is InChI=1S/C30H36N8O5/c1-29(2,3)43-28(41)37-16-30(17-37)11-22(12-30)38-23-10-25(31-14-24(23)36(5)27(38)40)33-20-7-18(19-13-32-35(4)15-19)8-21(9-20)34-26(39)42-6/h7-10,13-15,22H,11-12,16-17H2,1-6H3,(H,31,33)(H,34,39). The summed E-state index contributed by atoms with van der Waals surface area (Å²) in [7, 11) is 4.90. The van der Waals surface area contributed by atoms with Crippen molar-refractivity contribution in [2.45, 2.75) is 45.3 Å². The molecule has 1 aromatic carbocycles. The lowest BCUT2D eigenvalue weighted by Crippen LogP contribution is -2.64. The molecule has 0 unspecified atom stereocenters. The molecule has 13 heteroatoms. The van der Waals surface area contributed by atoms with E-state index in [1.807, 2.05) is 56.8 Å². The Hall–Kier alpha value is -4.81. The number of methoxy groups -OCH3 is 1. The summed E-state index contributed by atoms with van der Waals surface area (Å²) in [6.07, 6.45) is 6.07. The number of pyridine rings is 1. The van der Waals surface area contributed by atoms with E-state index in [9.17, 15) is 14.4 Å². The van der Waals surface area contributed by atoms with Crippen molar-refractivity contribution >= 4 is 40.4 Å². The smallest absolute Gasteiger partial charge is 0.411 e. The van der Waals surface area contributed by atoms with Gasteiger partial charge in [0, 0.05) is 67.8 Å². The van der Waals surface area contributed by atoms with Gasteiger partial charge >= 0.3 is 17.9 Å². The predicted molar refractivity (Wildman–Crippen MR) is 161 cm³/mol. The second kappa shape index (κ2) is 10.2. The van der Waals surface area contributed by atoms with Gasteiger partial charge in [0.15, 0.2) is 0 Å². The van der Waals surface area contributed by atoms with Gasteiger partial charge in [-0.05, 0) is 57.4 Å². The van der Waals surface area contributed by atoms with Crippen LogP contribution in [0.1, 0.15) is 39.7 Å². The van der Waals surface area contributed by atoms with Crippen molar-refractivity contribution in [2.24, 2.45) is 19.5 Å². The topological polar surface area (TPSA) is 138 Å². The number of rotatable bonds is 5. The molecule has 43 heavy (non-hydrogen) atoms. The zero-order valence-corrected chi connectivity index (χ0v) is 25.2. The fourth-order valence-electron chi connectivity index (χ4n) is 6.10. The van der Waals surface area contributed by atoms with E-state index in [1.54, 1.807) is 39.7 Å². The van der Waals surface area contributed by atoms with E-state index in [0.717, 1.165) is 35.0 Å². The molecule has 1 saturated heterocycles. The van der Waals surface area contributed by atoms with Crippen LogP contribution in [0.15, 0.2) is 47.7 Å². The van der Waals surface area contributed by atoms with Crippen LogP contribution >= 0.6 is 0 Å². The highest BCUT2D eigenvalue weighted by Crippen LogP contribution is 2.54. The van der Waals surface area contributed by atoms with E-state index in [-0.39, 0.29) is 23.2 Å². The van der Waals surface area contributed by atoms with Crippen LogP contribution in [0.2, 0.25) is 0 Å². The maximum Gasteiger partial charge on any atom is 0.411 e. The molecule has 1 aliphatic carbocycles. The lowest BCUT2D eigenvalue weighted by molar-refractivity contribution is -0.0906. The maximum atomic E-state index is 13.4. The van der Waals surface area contributed by atoms with Crippen LogP contribution in [-0.2, 0) is 23.6 Å². The lowest BCUT2D eigenvalue weighted by atomic mass is 9.60. The zero-order chi connectivity index (χ0) is 30.7. The third-order valence-electron chi connectivity index (χ3n) is 8.06. The summed E-state index contributed by atoms with van der Waals surface area (Å²) in [4.78, 5) is 44.1. The molecule has 3 aromatic heterocycles. The number of hydrogen-bond donors (Lipinski definition) is 2. The second-order valence-electron chi connectivity index (χ2n) is 12.6. The van der Waals surface area contributed by atoms with E-state index >= 15 is 0 Å². The van der Waals surface area contributed by atoms with Gasteiger partial charge in [0.1, 0.15) is 11.4 Å². The van der Waals surface area contributed by atoms with E-state index in [1.165, 1.54) is 7.11 Å². The van der Waals surface area contributed by atoms with Gasteiger partial charge < -0.3 is 19.7 Å². The fourth-order valence-corrected chi connectivity index (χ4v) is 6.10. The molecule has 2 N–H and O–H groups in total. The maximum absolute atomic E-state index is 13.4. The van der Waals surface area contributed by atoms with Crippen LogP contribution in [0.4, 0.5) is 26.8 Å². The van der Waals surface area contributed by atoms with Crippen molar-refractivity contribution in [3.05, 3.63) is 53.3 Å². The molecule has 4 aromatic rings. The van der Waals surface area contributed by atoms with Gasteiger partial charge in [-0.2, -0.15) is 5.10 Å².